The van der Waals surface area contributed by atoms with Crippen molar-refractivity contribution in [2.24, 2.45) is 0 Å². The molecule has 3 nitrogen and oxygen atoms in total. The summed E-state index contributed by atoms with van der Waals surface area (Å²) in [4.78, 5) is 12.3. The highest BCUT2D eigenvalue weighted by molar-refractivity contribution is 5.67. The number of carbonyl (C=O) groups is 1. The van der Waals surface area contributed by atoms with Gasteiger partial charge in [-0.2, -0.15) is 0 Å². The Morgan fingerprint density at radius 3 is 2.86 bits per heavy atom. The number of carboxylic acid groups (broad SMARTS) is 1. The van der Waals surface area contributed by atoms with Crippen LogP contribution in [0.5, 0.6) is 0 Å². The molecule has 1 unspecified atom stereocenters. The largest absolute Gasteiger partial charge is 0.481 e. The molecule has 14 heavy (non-hydrogen) atoms. The van der Waals surface area contributed by atoms with Gasteiger partial charge < -0.3 is 5.11 Å². The molecule has 0 aromatic carbocycles. The minimum absolute atomic E-state index is 0.0359. The number of halogens is 2. The minimum atomic E-state index is -2.29. The number of hydrogen-bond acceptors (Lipinski definition) is 2. The molecule has 0 aromatic rings. The number of alkyl halides is 2. The van der Waals surface area contributed by atoms with Crippen LogP contribution in [0.1, 0.15) is 25.7 Å². The van der Waals surface area contributed by atoms with Crippen LogP contribution in [0.2, 0.25) is 0 Å². The summed E-state index contributed by atoms with van der Waals surface area (Å²) in [6, 6.07) is -0.0359. The Balaban J connectivity index is 2.31. The normalized spacial score (nSPS) is 23.2. The second-order valence-electron chi connectivity index (χ2n) is 3.61. The van der Waals surface area contributed by atoms with Gasteiger partial charge in [-0.1, -0.05) is 0 Å². The van der Waals surface area contributed by atoms with Gasteiger partial charge >= 0.3 is 5.97 Å². The molecule has 1 atom stereocenters. The van der Waals surface area contributed by atoms with Crippen molar-refractivity contribution >= 4 is 5.97 Å². The average Bonchev–Trinajstić information content (AvgIpc) is 2.47. The van der Waals surface area contributed by atoms with E-state index >= 15 is 0 Å². The fourth-order valence-corrected chi connectivity index (χ4v) is 1.89. The van der Waals surface area contributed by atoms with Crippen molar-refractivity contribution in [1.29, 1.82) is 0 Å². The van der Waals surface area contributed by atoms with Crippen molar-refractivity contribution in [3.63, 3.8) is 0 Å². The highest BCUT2D eigenvalue weighted by atomic mass is 19.3. The first-order chi connectivity index (χ1) is 6.59. The van der Waals surface area contributed by atoms with Crippen molar-refractivity contribution < 1.29 is 18.7 Å². The molecule has 1 fully saturated rings. The van der Waals surface area contributed by atoms with Crippen molar-refractivity contribution in [3.05, 3.63) is 0 Å². The molecule has 5 heteroatoms. The van der Waals surface area contributed by atoms with Gasteiger partial charge in [0, 0.05) is 19.0 Å². The molecule has 1 heterocycles. The lowest BCUT2D eigenvalue weighted by molar-refractivity contribution is -0.138. The Morgan fingerprint density at radius 2 is 2.29 bits per heavy atom. The van der Waals surface area contributed by atoms with E-state index in [0.29, 0.717) is 6.54 Å². The summed E-state index contributed by atoms with van der Waals surface area (Å²) in [5, 5.41) is 8.59. The van der Waals surface area contributed by atoms with Gasteiger partial charge in [0.05, 0.1) is 6.42 Å². The van der Waals surface area contributed by atoms with Crippen LogP contribution in [0.25, 0.3) is 0 Å². The zero-order valence-electron chi connectivity index (χ0n) is 7.96. The number of aliphatic carboxylic acids is 1. The summed E-state index contributed by atoms with van der Waals surface area (Å²) in [5.41, 5.74) is 0. The van der Waals surface area contributed by atoms with E-state index < -0.39 is 12.4 Å². The molecule has 1 rings (SSSR count). The standard InChI is InChI=1S/C9H15F2NO2/c10-8(11)3-5-12-4-1-2-7(12)6-9(13)14/h7-8H,1-6H2,(H,13,14). The van der Waals surface area contributed by atoms with Crippen LogP contribution in [0.4, 0.5) is 8.78 Å². The molecule has 1 N–H and O–H groups in total. The van der Waals surface area contributed by atoms with Crippen LogP contribution < -0.4 is 0 Å². The second kappa shape index (κ2) is 5.24. The summed E-state index contributed by atoms with van der Waals surface area (Å²) in [6.45, 7) is 1.07. The van der Waals surface area contributed by atoms with Crippen molar-refractivity contribution in [2.75, 3.05) is 13.1 Å². The number of nitrogens with zero attached hydrogens (tertiary/aromatic N) is 1. The first-order valence-corrected chi connectivity index (χ1v) is 4.83. The Hall–Kier alpha value is -0.710. The molecular formula is C9H15F2NO2. The smallest absolute Gasteiger partial charge is 0.304 e. The highest BCUT2D eigenvalue weighted by Gasteiger charge is 2.26. The van der Waals surface area contributed by atoms with Gasteiger partial charge in [-0.05, 0) is 19.4 Å². The Labute approximate surface area is 81.7 Å². The predicted molar refractivity (Wildman–Crippen MR) is 47.5 cm³/mol. The third-order valence-corrected chi connectivity index (χ3v) is 2.54. The fourth-order valence-electron chi connectivity index (χ4n) is 1.89. The summed E-state index contributed by atoms with van der Waals surface area (Å²) in [7, 11) is 0. The van der Waals surface area contributed by atoms with Gasteiger partial charge in [0.25, 0.3) is 0 Å². The van der Waals surface area contributed by atoms with Crippen LogP contribution in [-0.4, -0.2) is 41.5 Å². The van der Waals surface area contributed by atoms with Gasteiger partial charge in [-0.25, -0.2) is 8.78 Å². The maximum atomic E-state index is 11.9. The van der Waals surface area contributed by atoms with Crippen molar-refractivity contribution in [1.82, 2.24) is 4.90 Å². The predicted octanol–water partition coefficient (Wildman–Crippen LogP) is 1.58. The molecule has 0 radical (unpaired) electrons. The molecule has 1 aliphatic heterocycles. The van der Waals surface area contributed by atoms with Gasteiger partial charge in [-0.3, -0.25) is 9.69 Å². The van der Waals surface area contributed by atoms with Crippen LogP contribution in [0.3, 0.4) is 0 Å². The average molecular weight is 207 g/mol. The number of rotatable bonds is 5. The SMILES string of the molecule is O=C(O)CC1CCCN1CCC(F)F. The number of hydrogen-bond donors (Lipinski definition) is 1. The third-order valence-electron chi connectivity index (χ3n) is 2.54. The van der Waals surface area contributed by atoms with Gasteiger partial charge in [0.1, 0.15) is 0 Å². The monoisotopic (exact) mass is 207 g/mol. The summed E-state index contributed by atoms with van der Waals surface area (Å²) in [5.74, 6) is -0.848. The molecule has 1 saturated heterocycles. The Bertz CT molecular complexity index is 199. The maximum Gasteiger partial charge on any atom is 0.304 e. The number of likely N-dealkylation sites (tertiary alicyclic amines) is 1. The molecule has 82 valence electrons. The van der Waals surface area contributed by atoms with Gasteiger partial charge in [0.2, 0.25) is 6.43 Å². The van der Waals surface area contributed by atoms with E-state index in [9.17, 15) is 13.6 Å². The lowest BCUT2D eigenvalue weighted by Gasteiger charge is -2.22. The second-order valence-corrected chi connectivity index (χ2v) is 3.61. The maximum absolute atomic E-state index is 11.9. The van der Waals surface area contributed by atoms with E-state index in [2.05, 4.69) is 0 Å². The highest BCUT2D eigenvalue weighted by Crippen LogP contribution is 2.20. The molecule has 1 aliphatic rings. The van der Waals surface area contributed by atoms with Gasteiger partial charge in [-0.15, -0.1) is 0 Å². The van der Waals surface area contributed by atoms with Crippen molar-refractivity contribution in [3.8, 4) is 0 Å². The molecule has 0 spiro atoms. The van der Waals surface area contributed by atoms with Crippen LogP contribution in [0.15, 0.2) is 0 Å². The Morgan fingerprint density at radius 1 is 1.57 bits per heavy atom. The molecule has 0 aliphatic carbocycles. The summed E-state index contributed by atoms with van der Waals surface area (Å²) >= 11 is 0. The summed E-state index contributed by atoms with van der Waals surface area (Å²) < 4.78 is 23.9. The molecule has 0 saturated carbocycles. The zero-order chi connectivity index (χ0) is 10.6. The quantitative estimate of drug-likeness (QED) is 0.744. The molecule has 0 bridgehead atoms. The van der Waals surface area contributed by atoms with Crippen molar-refractivity contribution in [2.45, 2.75) is 38.2 Å². The van der Waals surface area contributed by atoms with Crippen LogP contribution >= 0.6 is 0 Å². The van der Waals surface area contributed by atoms with E-state index in [1.54, 1.807) is 0 Å². The van der Waals surface area contributed by atoms with E-state index in [1.165, 1.54) is 0 Å². The first-order valence-electron chi connectivity index (χ1n) is 4.83. The topological polar surface area (TPSA) is 40.5 Å². The van der Waals surface area contributed by atoms with E-state index in [0.717, 1.165) is 19.4 Å². The zero-order valence-corrected chi connectivity index (χ0v) is 7.96. The molecule has 0 aromatic heterocycles. The van der Waals surface area contributed by atoms with Crippen LogP contribution in [-0.2, 0) is 4.79 Å². The lowest BCUT2D eigenvalue weighted by atomic mass is 10.1. The molecular weight excluding hydrogens is 192 g/mol. The lowest BCUT2D eigenvalue weighted by Crippen LogP contribution is -2.32. The molecule has 0 amide bonds. The fraction of sp³-hybridized carbons (Fsp3) is 0.889. The third kappa shape index (κ3) is 3.57. The van der Waals surface area contributed by atoms with E-state index in [4.69, 9.17) is 5.11 Å². The van der Waals surface area contributed by atoms with Gasteiger partial charge in [0.15, 0.2) is 0 Å². The minimum Gasteiger partial charge on any atom is -0.481 e. The number of carboxylic acids is 1. The van der Waals surface area contributed by atoms with Crippen LogP contribution in [0, 0.1) is 0 Å². The first kappa shape index (κ1) is 11.4. The Kier molecular flexibility index (Phi) is 4.25. The van der Waals surface area contributed by atoms with E-state index in [1.807, 2.05) is 4.90 Å². The van der Waals surface area contributed by atoms with E-state index in [-0.39, 0.29) is 18.9 Å². The summed E-state index contributed by atoms with van der Waals surface area (Å²) in [6.07, 6.45) is -0.642.